The molecule has 1 saturated carbocycles. The number of carbonyl (C=O) groups excluding carboxylic acids is 3. The van der Waals surface area contributed by atoms with Gasteiger partial charge in [-0.05, 0) is 100 Å². The van der Waals surface area contributed by atoms with Gasteiger partial charge in [0.2, 0.25) is 0 Å². The Morgan fingerprint density at radius 1 is 1.10 bits per heavy atom. The summed E-state index contributed by atoms with van der Waals surface area (Å²) in [5, 5.41) is 7.61. The lowest BCUT2D eigenvalue weighted by Crippen LogP contribution is -2.54. The zero-order chi connectivity index (χ0) is 36.5. The third kappa shape index (κ3) is 6.48. The van der Waals surface area contributed by atoms with Crippen LogP contribution in [0, 0.1) is 12.8 Å². The second kappa shape index (κ2) is 12.9. The van der Waals surface area contributed by atoms with Crippen molar-refractivity contribution in [2.45, 2.75) is 77.9 Å². The Hall–Kier alpha value is -4.97. The number of alkyl halides is 1. The summed E-state index contributed by atoms with van der Waals surface area (Å²) in [6.07, 6.45) is 0.549. The van der Waals surface area contributed by atoms with Crippen LogP contribution in [0.5, 0.6) is 5.75 Å². The van der Waals surface area contributed by atoms with Crippen molar-refractivity contribution in [2.75, 3.05) is 20.2 Å². The van der Waals surface area contributed by atoms with Crippen LogP contribution < -0.4 is 15.4 Å². The maximum absolute atomic E-state index is 15.0. The number of ether oxygens (including phenoxy) is 2. The van der Waals surface area contributed by atoms with E-state index in [4.69, 9.17) is 14.5 Å². The lowest BCUT2D eigenvalue weighted by atomic mass is 10.0. The number of benzene rings is 2. The number of nitrogens with zero attached hydrogens (tertiary/aromatic N) is 3. The molecule has 270 valence electrons. The van der Waals surface area contributed by atoms with E-state index in [1.807, 2.05) is 30.3 Å². The van der Waals surface area contributed by atoms with Crippen LogP contribution in [0.15, 0.2) is 48.5 Å². The molecule has 1 unspecified atom stereocenters. The molecule has 2 atom stereocenters. The molecule has 10 nitrogen and oxygen atoms in total. The summed E-state index contributed by atoms with van der Waals surface area (Å²) in [5.41, 5.74) is 6.25. The van der Waals surface area contributed by atoms with Crippen LogP contribution >= 0.6 is 11.3 Å². The second-order valence-electron chi connectivity index (χ2n) is 15.2. The van der Waals surface area contributed by atoms with Gasteiger partial charge in [-0.1, -0.05) is 6.07 Å². The Labute approximate surface area is 305 Å². The Morgan fingerprint density at radius 3 is 2.65 bits per heavy atom. The van der Waals surface area contributed by atoms with Gasteiger partial charge in [-0.25, -0.2) is 14.2 Å². The minimum absolute atomic E-state index is 0.0409. The van der Waals surface area contributed by atoms with Gasteiger partial charge in [0.1, 0.15) is 23.2 Å². The van der Waals surface area contributed by atoms with Crippen molar-refractivity contribution in [3.05, 3.63) is 70.8 Å². The molecule has 0 radical (unpaired) electrons. The van der Waals surface area contributed by atoms with Gasteiger partial charge in [-0.3, -0.25) is 9.59 Å². The summed E-state index contributed by atoms with van der Waals surface area (Å²) in [4.78, 5) is 46.2. The topological polar surface area (TPSA) is 115 Å². The average molecular weight is 724 g/mol. The molecule has 52 heavy (non-hydrogen) atoms. The van der Waals surface area contributed by atoms with Gasteiger partial charge in [-0.15, -0.1) is 11.3 Å². The summed E-state index contributed by atoms with van der Waals surface area (Å²) in [7, 11) is 1.60. The Balaban J connectivity index is 1.14. The molecule has 12 heteroatoms. The summed E-state index contributed by atoms with van der Waals surface area (Å²) in [6, 6.07) is 15.3. The molecule has 1 saturated heterocycles. The molecular weight excluding hydrogens is 682 g/mol. The number of carbonyl (C=O) groups is 3. The van der Waals surface area contributed by atoms with Crippen molar-refractivity contribution in [1.82, 2.24) is 25.1 Å². The molecule has 2 fully saturated rings. The maximum atomic E-state index is 15.0. The SMILES string of the molecule is COc1cc(C(=O)N2CC(NC(=O)OC(C)(C)C)C[C@@H](F)C2)cc2sc(-c3cc4ccc(-c5ccc6c(c5)CNC6=O)nc4n3CC3CC3)c(C)c12. The molecule has 1 aliphatic carbocycles. The highest BCUT2D eigenvalue weighted by Crippen LogP contribution is 2.45. The van der Waals surface area contributed by atoms with E-state index in [0.717, 1.165) is 60.6 Å². The van der Waals surface area contributed by atoms with Crippen LogP contribution in [0.3, 0.4) is 0 Å². The monoisotopic (exact) mass is 723 g/mol. The van der Waals surface area contributed by atoms with E-state index in [-0.39, 0.29) is 31.3 Å². The number of likely N-dealkylation sites (tertiary alicyclic amines) is 1. The van der Waals surface area contributed by atoms with E-state index in [1.165, 1.54) is 17.7 Å². The number of thiophene rings is 1. The van der Waals surface area contributed by atoms with Gasteiger partial charge in [0.15, 0.2) is 0 Å². The van der Waals surface area contributed by atoms with Gasteiger partial charge in [-0.2, -0.15) is 0 Å². The van der Waals surface area contributed by atoms with Crippen molar-refractivity contribution in [2.24, 2.45) is 5.92 Å². The molecule has 3 amide bonds. The summed E-state index contributed by atoms with van der Waals surface area (Å²) in [5.74, 6) is 0.800. The molecule has 8 rings (SSSR count). The van der Waals surface area contributed by atoms with Crippen LogP contribution in [0.25, 0.3) is 42.9 Å². The highest BCUT2D eigenvalue weighted by Gasteiger charge is 2.33. The van der Waals surface area contributed by atoms with Crippen LogP contribution in [0.4, 0.5) is 9.18 Å². The minimum Gasteiger partial charge on any atom is -0.496 e. The van der Waals surface area contributed by atoms with Crippen LogP contribution in [0.1, 0.15) is 71.9 Å². The molecule has 2 aliphatic heterocycles. The van der Waals surface area contributed by atoms with Crippen LogP contribution in [-0.4, -0.2) is 70.4 Å². The Kier molecular flexibility index (Phi) is 8.47. The zero-order valence-corrected chi connectivity index (χ0v) is 30.8. The first-order valence-corrected chi connectivity index (χ1v) is 18.6. The number of hydrogen-bond donors (Lipinski definition) is 2. The van der Waals surface area contributed by atoms with Gasteiger partial charge >= 0.3 is 6.09 Å². The molecule has 0 spiro atoms. The molecule has 0 bridgehead atoms. The van der Waals surface area contributed by atoms with Crippen molar-refractivity contribution < 1.29 is 28.2 Å². The van der Waals surface area contributed by atoms with Crippen molar-refractivity contribution >= 4 is 50.4 Å². The van der Waals surface area contributed by atoms with E-state index in [0.29, 0.717) is 29.3 Å². The smallest absolute Gasteiger partial charge is 0.407 e. The van der Waals surface area contributed by atoms with E-state index in [2.05, 4.69) is 34.3 Å². The Morgan fingerprint density at radius 2 is 1.90 bits per heavy atom. The van der Waals surface area contributed by atoms with Crippen molar-refractivity contribution in [3.8, 4) is 27.6 Å². The van der Waals surface area contributed by atoms with Crippen LogP contribution in [0.2, 0.25) is 0 Å². The van der Waals surface area contributed by atoms with Gasteiger partial charge in [0.05, 0.1) is 36.0 Å². The number of amides is 3. The molecule has 5 aromatic rings. The fourth-order valence-corrected chi connectivity index (χ4v) is 8.74. The van der Waals surface area contributed by atoms with E-state index in [1.54, 1.807) is 45.3 Å². The van der Waals surface area contributed by atoms with Gasteiger partial charge in [0, 0.05) is 58.2 Å². The largest absolute Gasteiger partial charge is 0.496 e. The predicted octanol–water partition coefficient (Wildman–Crippen LogP) is 7.63. The fraction of sp³-hybridized carbons (Fsp3) is 0.400. The lowest BCUT2D eigenvalue weighted by Gasteiger charge is -2.35. The van der Waals surface area contributed by atoms with Crippen LogP contribution in [-0.2, 0) is 17.8 Å². The number of pyridine rings is 1. The summed E-state index contributed by atoms with van der Waals surface area (Å²) < 4.78 is 29.5. The molecule has 3 aliphatic rings. The maximum Gasteiger partial charge on any atom is 0.407 e. The number of alkyl carbamates (subject to hydrolysis) is 1. The van der Waals surface area contributed by atoms with E-state index >= 15 is 0 Å². The standard InChI is InChI=1S/C40H42FN5O5S/c1-21-34-32(50-5)14-25(38(48)45-19-27(41)16-28(20-45)43-39(49)51-40(2,3)4)15-33(34)52-35(21)31-13-24-9-11-30(44-36(24)46(31)18-22-6-7-22)23-8-10-29-26(12-23)17-42-37(29)47/h8-15,22,27-28H,6-7,16-20H2,1-5H3,(H,42,47)(H,43,49)/t27-,28?/m1/s1. The molecule has 5 heterocycles. The number of aromatic nitrogens is 2. The van der Waals surface area contributed by atoms with Crippen molar-refractivity contribution in [3.63, 3.8) is 0 Å². The lowest BCUT2D eigenvalue weighted by molar-refractivity contribution is 0.0394. The Bertz CT molecular complexity index is 2270. The number of methoxy groups -OCH3 is 1. The number of nitrogens with one attached hydrogen (secondary N) is 2. The third-order valence-electron chi connectivity index (χ3n) is 10.1. The molecule has 2 aromatic carbocycles. The van der Waals surface area contributed by atoms with E-state index < -0.39 is 23.9 Å². The number of piperidine rings is 1. The highest BCUT2D eigenvalue weighted by molar-refractivity contribution is 7.22. The first-order valence-electron chi connectivity index (χ1n) is 17.8. The fourth-order valence-electron chi connectivity index (χ4n) is 7.44. The minimum atomic E-state index is -1.29. The third-order valence-corrected chi connectivity index (χ3v) is 11.3. The molecular formula is C40H42FN5O5S. The number of rotatable bonds is 7. The van der Waals surface area contributed by atoms with Gasteiger partial charge < -0.3 is 29.6 Å². The normalized spacial score (nSPS) is 18.8. The predicted molar refractivity (Wildman–Crippen MR) is 200 cm³/mol. The second-order valence-corrected chi connectivity index (χ2v) is 16.3. The van der Waals surface area contributed by atoms with Crippen molar-refractivity contribution in [1.29, 1.82) is 0 Å². The summed E-state index contributed by atoms with van der Waals surface area (Å²) in [6.45, 7) is 8.87. The average Bonchev–Trinajstić information content (AvgIpc) is 3.62. The molecule has 2 N–H and O–H groups in total. The zero-order valence-electron chi connectivity index (χ0n) is 30.0. The summed E-state index contributed by atoms with van der Waals surface area (Å²) >= 11 is 1.60. The first-order chi connectivity index (χ1) is 24.8. The quantitative estimate of drug-likeness (QED) is 0.179. The number of aryl methyl sites for hydroxylation is 1. The first kappa shape index (κ1) is 34.1. The molecule has 3 aromatic heterocycles. The highest BCUT2D eigenvalue weighted by atomic mass is 32.1. The number of fused-ring (bicyclic) bond motifs is 3. The van der Waals surface area contributed by atoms with E-state index in [9.17, 15) is 18.8 Å². The number of hydrogen-bond acceptors (Lipinski definition) is 7. The van der Waals surface area contributed by atoms with Gasteiger partial charge in [0.25, 0.3) is 11.8 Å². The number of halogens is 1.